The molecule has 264 valence electrons. The number of nitrogens with zero attached hydrogens (tertiary/aromatic N) is 1. The minimum absolute atomic E-state index is 0.128. The van der Waals surface area contributed by atoms with E-state index in [9.17, 15) is 4.79 Å². The first-order valence-corrected chi connectivity index (χ1v) is 18.2. The number of aromatic hydroxyl groups is 1. The second-order valence-corrected chi connectivity index (χ2v) is 14.1. The Morgan fingerprint density at radius 2 is 1.18 bits per heavy atom. The molecular weight excluding hydrogens is 604 g/mol. The molecule has 3 unspecified atom stereocenters. The molecule has 0 aliphatic carbocycles. The van der Waals surface area contributed by atoms with E-state index in [1.54, 1.807) is 12.1 Å². The van der Waals surface area contributed by atoms with E-state index in [0.717, 1.165) is 37.9 Å². The van der Waals surface area contributed by atoms with Gasteiger partial charge >= 0.3 is 5.97 Å². The average Bonchev–Trinajstić information content (AvgIpc) is 3.44. The third kappa shape index (κ3) is 12.0. The minimum Gasteiger partial charge on any atom is -0.508 e. The van der Waals surface area contributed by atoms with Crippen molar-refractivity contribution in [2.45, 2.75) is 118 Å². The van der Waals surface area contributed by atoms with Gasteiger partial charge in [0, 0.05) is 46.5 Å². The van der Waals surface area contributed by atoms with E-state index < -0.39 is 5.60 Å². The molecule has 0 saturated heterocycles. The highest BCUT2D eigenvalue weighted by molar-refractivity contribution is 6.08. The fraction of sp³-hybridized carbons (Fsp3) is 0.432. The Balaban J connectivity index is 0.000000208. The van der Waals surface area contributed by atoms with Crippen molar-refractivity contribution in [2.24, 2.45) is 0 Å². The number of rotatable bonds is 11. The van der Waals surface area contributed by atoms with Crippen LogP contribution < -0.4 is 5.32 Å². The number of fused-ring (bicyclic) bond motifs is 3. The Hall–Kier alpha value is -4.25. The summed E-state index contributed by atoms with van der Waals surface area (Å²) in [4.78, 5) is 11.6. The maximum Gasteiger partial charge on any atom is 0.306 e. The predicted octanol–water partition coefficient (Wildman–Crippen LogP) is 12.4. The summed E-state index contributed by atoms with van der Waals surface area (Å²) in [5.74, 6) is 1.41. The van der Waals surface area contributed by atoms with Gasteiger partial charge in [0.2, 0.25) is 0 Å². The number of phenolic OH excluding ortho intramolecular Hbond substituents is 1. The summed E-state index contributed by atoms with van der Waals surface area (Å²) >= 11 is 0. The lowest BCUT2D eigenvalue weighted by atomic mass is 9.99. The number of carbonyl (C=O) groups excluding carboxylic acids is 1. The maximum atomic E-state index is 11.6. The molecule has 2 N–H and O–H groups in total. The van der Waals surface area contributed by atoms with Crippen molar-refractivity contribution in [3.8, 4) is 5.75 Å². The Kier molecular flexibility index (Phi) is 15.3. The van der Waals surface area contributed by atoms with Crippen molar-refractivity contribution in [2.75, 3.05) is 11.9 Å². The van der Waals surface area contributed by atoms with Gasteiger partial charge < -0.3 is 19.7 Å². The molecule has 0 fully saturated rings. The first kappa shape index (κ1) is 39.2. The topological polar surface area (TPSA) is 63.5 Å². The maximum absolute atomic E-state index is 11.6. The van der Waals surface area contributed by atoms with Crippen LogP contribution >= 0.6 is 0 Å². The number of carbonyl (C=O) groups is 1. The van der Waals surface area contributed by atoms with Crippen LogP contribution in [0.15, 0.2) is 97.1 Å². The highest BCUT2D eigenvalue weighted by Crippen LogP contribution is 2.32. The van der Waals surface area contributed by atoms with Gasteiger partial charge in [0.15, 0.2) is 0 Å². The predicted molar refractivity (Wildman–Crippen MR) is 210 cm³/mol. The van der Waals surface area contributed by atoms with Crippen molar-refractivity contribution in [3.63, 3.8) is 0 Å². The number of hydrogen-bond acceptors (Lipinski definition) is 4. The summed E-state index contributed by atoms with van der Waals surface area (Å²) in [6.07, 6.45) is 4.69. The minimum atomic E-state index is -0.393. The summed E-state index contributed by atoms with van der Waals surface area (Å²) < 4.78 is 7.74. The normalized spacial score (nSPS) is 13.0. The zero-order chi connectivity index (χ0) is 36.0. The molecule has 1 aromatic heterocycles. The fourth-order valence-electron chi connectivity index (χ4n) is 5.67. The van der Waals surface area contributed by atoms with E-state index in [1.165, 1.54) is 32.9 Å². The van der Waals surface area contributed by atoms with Gasteiger partial charge in [-0.05, 0) is 113 Å². The molecular formula is C44H60N2O3. The van der Waals surface area contributed by atoms with Crippen LogP contribution in [-0.4, -0.2) is 27.8 Å². The third-order valence-electron chi connectivity index (χ3n) is 9.12. The standard InChI is InChI=1S/C18H29NO2.C16H17N.C10H14O/c1-6-14(2)15-9-11-16(12-10-15)19-13-7-8-17(20)21-18(3,4)5;1-3-12(2)17-15-10-6-4-8-13(15)14-9-5-7-11-16(14)17;1-3-8(2)9-4-6-10(11)7-5-9/h9-12,14,19H,6-8,13H2,1-5H3;4-12H,3H2,1-2H3;4-8,11H,3H2,1-2H3. The van der Waals surface area contributed by atoms with Crippen LogP contribution in [0.2, 0.25) is 0 Å². The third-order valence-corrected chi connectivity index (χ3v) is 9.12. The molecule has 0 amide bonds. The van der Waals surface area contributed by atoms with Crippen molar-refractivity contribution in [1.82, 2.24) is 4.57 Å². The largest absolute Gasteiger partial charge is 0.508 e. The molecule has 0 spiro atoms. The Morgan fingerprint density at radius 1 is 0.714 bits per heavy atom. The monoisotopic (exact) mass is 664 g/mol. The van der Waals surface area contributed by atoms with Gasteiger partial charge in [0.1, 0.15) is 11.4 Å². The number of hydrogen-bond donors (Lipinski definition) is 2. The summed E-state index contributed by atoms with van der Waals surface area (Å²) in [5, 5.41) is 15.1. The number of para-hydroxylation sites is 2. The van der Waals surface area contributed by atoms with Crippen LogP contribution in [0.4, 0.5) is 5.69 Å². The lowest BCUT2D eigenvalue weighted by molar-refractivity contribution is -0.154. The molecule has 3 atom stereocenters. The van der Waals surface area contributed by atoms with Crippen LogP contribution in [0.25, 0.3) is 21.8 Å². The number of phenols is 1. The van der Waals surface area contributed by atoms with Crippen LogP contribution in [0.1, 0.15) is 123 Å². The van der Waals surface area contributed by atoms with Gasteiger partial charge in [-0.1, -0.05) is 95.3 Å². The van der Waals surface area contributed by atoms with E-state index >= 15 is 0 Å². The summed E-state index contributed by atoms with van der Waals surface area (Å²) in [5.41, 5.74) is 6.08. The van der Waals surface area contributed by atoms with E-state index in [2.05, 4.69) is 124 Å². The second-order valence-electron chi connectivity index (χ2n) is 14.1. The van der Waals surface area contributed by atoms with Gasteiger partial charge in [-0.25, -0.2) is 0 Å². The number of ether oxygens (including phenoxy) is 1. The molecule has 1 heterocycles. The summed E-state index contributed by atoms with van der Waals surface area (Å²) in [6, 6.07) is 33.9. The number of nitrogens with one attached hydrogen (secondary N) is 1. The highest BCUT2D eigenvalue weighted by Gasteiger charge is 2.16. The first-order valence-electron chi connectivity index (χ1n) is 18.2. The number of anilines is 1. The van der Waals surface area contributed by atoms with Crippen molar-refractivity contribution in [3.05, 3.63) is 108 Å². The van der Waals surface area contributed by atoms with Gasteiger partial charge in [0.05, 0.1) is 0 Å². The zero-order valence-corrected chi connectivity index (χ0v) is 31.4. The number of benzene rings is 4. The molecule has 0 aliphatic heterocycles. The van der Waals surface area contributed by atoms with Crippen LogP contribution in [-0.2, 0) is 9.53 Å². The molecule has 5 nitrogen and oxygen atoms in total. The van der Waals surface area contributed by atoms with Gasteiger partial charge in [0.25, 0.3) is 0 Å². The molecule has 4 aromatic carbocycles. The molecule has 0 saturated carbocycles. The van der Waals surface area contributed by atoms with Gasteiger partial charge in [-0.2, -0.15) is 0 Å². The molecule has 5 heteroatoms. The average molecular weight is 665 g/mol. The SMILES string of the molecule is CCC(C)c1ccc(NCCCC(=O)OC(C)(C)C)cc1.CCC(C)c1ccc(O)cc1.CCC(C)n1c2ccccc2c2ccccc21. The molecule has 0 bridgehead atoms. The van der Waals surface area contributed by atoms with Crippen LogP contribution in [0.3, 0.4) is 0 Å². The quantitative estimate of drug-likeness (QED) is 0.109. The van der Waals surface area contributed by atoms with Crippen molar-refractivity contribution >= 4 is 33.5 Å². The smallest absolute Gasteiger partial charge is 0.306 e. The molecule has 0 radical (unpaired) electrons. The van der Waals surface area contributed by atoms with E-state index in [1.807, 2.05) is 32.9 Å². The van der Waals surface area contributed by atoms with Gasteiger partial charge in [-0.3, -0.25) is 4.79 Å². The summed E-state index contributed by atoms with van der Waals surface area (Å²) in [6.45, 7) is 19.8. The first-order chi connectivity index (χ1) is 23.4. The van der Waals surface area contributed by atoms with Crippen LogP contribution in [0, 0.1) is 0 Å². The fourth-order valence-corrected chi connectivity index (χ4v) is 5.67. The van der Waals surface area contributed by atoms with Crippen LogP contribution in [0.5, 0.6) is 5.75 Å². The Labute approximate surface area is 295 Å². The number of esters is 1. The number of aromatic nitrogens is 1. The highest BCUT2D eigenvalue weighted by atomic mass is 16.6. The molecule has 0 aliphatic rings. The lowest BCUT2D eigenvalue weighted by Crippen LogP contribution is -2.24. The summed E-state index contributed by atoms with van der Waals surface area (Å²) in [7, 11) is 0. The lowest BCUT2D eigenvalue weighted by Gasteiger charge is -2.19. The molecule has 49 heavy (non-hydrogen) atoms. The van der Waals surface area contributed by atoms with E-state index in [0.29, 0.717) is 30.0 Å². The van der Waals surface area contributed by atoms with E-state index in [4.69, 9.17) is 9.84 Å². The molecule has 5 rings (SSSR count). The molecule has 5 aromatic rings. The zero-order valence-electron chi connectivity index (χ0n) is 31.4. The Morgan fingerprint density at radius 3 is 1.63 bits per heavy atom. The second kappa shape index (κ2) is 19.1. The van der Waals surface area contributed by atoms with E-state index in [-0.39, 0.29) is 5.97 Å². The van der Waals surface area contributed by atoms with Crippen molar-refractivity contribution in [1.29, 1.82) is 0 Å². The Bertz CT molecular complexity index is 1640. The van der Waals surface area contributed by atoms with Gasteiger partial charge in [-0.15, -0.1) is 0 Å². The van der Waals surface area contributed by atoms with Crippen molar-refractivity contribution < 1.29 is 14.6 Å².